The molecule has 0 aromatic carbocycles. The highest BCUT2D eigenvalue weighted by molar-refractivity contribution is 7.15. The van der Waals surface area contributed by atoms with Crippen molar-refractivity contribution < 1.29 is 9.47 Å². The standard InChI is InChI=1S/C9H15N3O2S/c1-13-5-3-10-9-12-11-8(15-9)7-2-4-14-6-7/h7H,2-6H2,1H3,(H,10,12). The monoisotopic (exact) mass is 229 g/mol. The number of hydrogen-bond donors (Lipinski definition) is 1. The number of hydrogen-bond acceptors (Lipinski definition) is 6. The molecule has 2 heterocycles. The van der Waals surface area contributed by atoms with Crippen LogP contribution in [0, 0.1) is 0 Å². The van der Waals surface area contributed by atoms with E-state index in [1.165, 1.54) is 0 Å². The second-order valence-electron chi connectivity index (χ2n) is 3.43. The molecule has 5 nitrogen and oxygen atoms in total. The molecule has 1 N–H and O–H groups in total. The molecule has 0 aliphatic carbocycles. The maximum Gasteiger partial charge on any atom is 0.205 e. The third-order valence-electron chi connectivity index (χ3n) is 2.30. The summed E-state index contributed by atoms with van der Waals surface area (Å²) in [5.41, 5.74) is 0. The minimum Gasteiger partial charge on any atom is -0.383 e. The van der Waals surface area contributed by atoms with Crippen molar-refractivity contribution >= 4 is 16.5 Å². The topological polar surface area (TPSA) is 56.3 Å². The molecular weight excluding hydrogens is 214 g/mol. The van der Waals surface area contributed by atoms with Crippen LogP contribution in [0.4, 0.5) is 5.13 Å². The normalized spacial score (nSPS) is 20.7. The molecule has 1 aliphatic rings. The molecule has 0 saturated carbocycles. The van der Waals surface area contributed by atoms with Gasteiger partial charge in [0.05, 0.1) is 13.2 Å². The molecule has 1 aromatic rings. The summed E-state index contributed by atoms with van der Waals surface area (Å²) in [5, 5.41) is 13.4. The Morgan fingerprint density at radius 2 is 2.53 bits per heavy atom. The van der Waals surface area contributed by atoms with Crippen LogP contribution in [0.5, 0.6) is 0 Å². The highest BCUT2D eigenvalue weighted by Gasteiger charge is 2.21. The first-order chi connectivity index (χ1) is 7.40. The first-order valence-corrected chi connectivity index (χ1v) is 5.85. The molecule has 6 heteroatoms. The largest absolute Gasteiger partial charge is 0.383 e. The lowest BCUT2D eigenvalue weighted by Gasteiger charge is -2.00. The van der Waals surface area contributed by atoms with Gasteiger partial charge in [-0.3, -0.25) is 0 Å². The Morgan fingerprint density at radius 1 is 1.60 bits per heavy atom. The van der Waals surface area contributed by atoms with E-state index in [2.05, 4.69) is 15.5 Å². The van der Waals surface area contributed by atoms with E-state index in [-0.39, 0.29) is 0 Å². The molecular formula is C9H15N3O2S. The number of anilines is 1. The number of nitrogens with zero attached hydrogens (tertiary/aromatic N) is 2. The third kappa shape index (κ3) is 2.87. The van der Waals surface area contributed by atoms with E-state index in [0.717, 1.165) is 36.3 Å². The number of nitrogens with one attached hydrogen (secondary N) is 1. The van der Waals surface area contributed by atoms with Gasteiger partial charge < -0.3 is 14.8 Å². The zero-order valence-electron chi connectivity index (χ0n) is 8.73. The quantitative estimate of drug-likeness (QED) is 0.766. The zero-order chi connectivity index (χ0) is 10.5. The number of aromatic nitrogens is 2. The fourth-order valence-corrected chi connectivity index (χ4v) is 2.35. The number of rotatable bonds is 5. The molecule has 1 aliphatic heterocycles. The van der Waals surface area contributed by atoms with Gasteiger partial charge in [-0.15, -0.1) is 10.2 Å². The van der Waals surface area contributed by atoms with Crippen molar-refractivity contribution in [3.05, 3.63) is 5.01 Å². The number of methoxy groups -OCH3 is 1. The van der Waals surface area contributed by atoms with Crippen molar-refractivity contribution in [1.29, 1.82) is 0 Å². The van der Waals surface area contributed by atoms with Crippen LogP contribution in [0.15, 0.2) is 0 Å². The molecule has 84 valence electrons. The lowest BCUT2D eigenvalue weighted by atomic mass is 10.1. The zero-order valence-corrected chi connectivity index (χ0v) is 9.55. The fourth-order valence-electron chi connectivity index (χ4n) is 1.46. The third-order valence-corrected chi connectivity index (χ3v) is 3.35. The summed E-state index contributed by atoms with van der Waals surface area (Å²) in [6.45, 7) is 3.08. The molecule has 2 rings (SSSR count). The van der Waals surface area contributed by atoms with Crippen LogP contribution in [-0.4, -0.2) is 43.7 Å². The Hall–Kier alpha value is -0.720. The SMILES string of the molecule is COCCNc1nnc(C2CCOC2)s1. The number of ether oxygens (including phenoxy) is 2. The van der Waals surface area contributed by atoms with Crippen LogP contribution in [0.25, 0.3) is 0 Å². The van der Waals surface area contributed by atoms with Crippen molar-refractivity contribution in [3.8, 4) is 0 Å². The molecule has 0 bridgehead atoms. The van der Waals surface area contributed by atoms with E-state index >= 15 is 0 Å². The average molecular weight is 229 g/mol. The van der Waals surface area contributed by atoms with Crippen LogP contribution < -0.4 is 5.32 Å². The van der Waals surface area contributed by atoms with Gasteiger partial charge in [0.25, 0.3) is 0 Å². The van der Waals surface area contributed by atoms with Gasteiger partial charge in [-0.25, -0.2) is 0 Å². The van der Waals surface area contributed by atoms with Gasteiger partial charge in [0.15, 0.2) is 0 Å². The van der Waals surface area contributed by atoms with Gasteiger partial charge in [-0.05, 0) is 6.42 Å². The summed E-state index contributed by atoms with van der Waals surface area (Å²) in [6, 6.07) is 0. The van der Waals surface area contributed by atoms with Crippen LogP contribution >= 0.6 is 11.3 Å². The molecule has 0 radical (unpaired) electrons. The van der Waals surface area contributed by atoms with Gasteiger partial charge in [0.2, 0.25) is 5.13 Å². The smallest absolute Gasteiger partial charge is 0.205 e. The van der Waals surface area contributed by atoms with Crippen molar-refractivity contribution in [2.45, 2.75) is 12.3 Å². The first-order valence-electron chi connectivity index (χ1n) is 5.04. The minimum atomic E-state index is 0.445. The average Bonchev–Trinajstić information content (AvgIpc) is 2.87. The summed E-state index contributed by atoms with van der Waals surface area (Å²) in [5.74, 6) is 0.445. The van der Waals surface area contributed by atoms with Gasteiger partial charge in [-0.1, -0.05) is 11.3 Å². The van der Waals surface area contributed by atoms with E-state index in [1.54, 1.807) is 18.4 Å². The highest BCUT2D eigenvalue weighted by Crippen LogP contribution is 2.29. The Kier molecular flexibility index (Phi) is 3.87. The Labute approximate surface area is 92.8 Å². The minimum absolute atomic E-state index is 0.445. The van der Waals surface area contributed by atoms with Crippen LogP contribution in [-0.2, 0) is 9.47 Å². The van der Waals surface area contributed by atoms with Crippen molar-refractivity contribution in [3.63, 3.8) is 0 Å². The molecule has 0 spiro atoms. The maximum atomic E-state index is 5.32. The molecule has 1 unspecified atom stereocenters. The van der Waals surface area contributed by atoms with Crippen molar-refractivity contribution in [2.75, 3.05) is 38.8 Å². The lowest BCUT2D eigenvalue weighted by molar-refractivity contribution is 0.194. The molecule has 1 fully saturated rings. The fraction of sp³-hybridized carbons (Fsp3) is 0.778. The van der Waals surface area contributed by atoms with E-state index in [1.807, 2.05) is 0 Å². The van der Waals surface area contributed by atoms with E-state index in [9.17, 15) is 0 Å². The lowest BCUT2D eigenvalue weighted by Crippen LogP contribution is -2.06. The van der Waals surface area contributed by atoms with Crippen molar-refractivity contribution in [1.82, 2.24) is 10.2 Å². The summed E-state index contributed by atoms with van der Waals surface area (Å²) in [6.07, 6.45) is 1.06. The summed E-state index contributed by atoms with van der Waals surface area (Å²) < 4.78 is 10.3. The van der Waals surface area contributed by atoms with Crippen LogP contribution in [0.2, 0.25) is 0 Å². The Morgan fingerprint density at radius 3 is 3.27 bits per heavy atom. The van der Waals surface area contributed by atoms with Gasteiger partial charge in [0, 0.05) is 26.2 Å². The predicted octanol–water partition coefficient (Wildman–Crippen LogP) is 1.10. The van der Waals surface area contributed by atoms with E-state index in [0.29, 0.717) is 12.5 Å². The summed E-state index contributed by atoms with van der Waals surface area (Å²) >= 11 is 1.61. The Balaban J connectivity index is 1.86. The second kappa shape index (κ2) is 5.39. The molecule has 15 heavy (non-hydrogen) atoms. The summed E-state index contributed by atoms with van der Waals surface area (Å²) in [7, 11) is 1.68. The maximum absolute atomic E-state index is 5.32. The Bertz CT molecular complexity index is 299. The van der Waals surface area contributed by atoms with Gasteiger partial charge in [0.1, 0.15) is 5.01 Å². The van der Waals surface area contributed by atoms with E-state index in [4.69, 9.17) is 9.47 Å². The predicted molar refractivity (Wildman–Crippen MR) is 58.5 cm³/mol. The van der Waals surface area contributed by atoms with E-state index < -0.39 is 0 Å². The molecule has 1 atom stereocenters. The highest BCUT2D eigenvalue weighted by atomic mass is 32.1. The molecule has 1 saturated heterocycles. The molecule has 1 aromatic heterocycles. The first kappa shape index (κ1) is 10.8. The second-order valence-corrected chi connectivity index (χ2v) is 4.43. The summed E-state index contributed by atoms with van der Waals surface area (Å²) in [4.78, 5) is 0. The van der Waals surface area contributed by atoms with Crippen molar-refractivity contribution in [2.24, 2.45) is 0 Å². The van der Waals surface area contributed by atoms with Crippen LogP contribution in [0.3, 0.4) is 0 Å². The van der Waals surface area contributed by atoms with Crippen LogP contribution in [0.1, 0.15) is 17.3 Å². The van der Waals surface area contributed by atoms with Gasteiger partial charge in [-0.2, -0.15) is 0 Å². The molecule has 0 amide bonds. The van der Waals surface area contributed by atoms with Gasteiger partial charge >= 0.3 is 0 Å².